The summed E-state index contributed by atoms with van der Waals surface area (Å²) in [6.45, 7) is 3.20. The maximum absolute atomic E-state index is 13.6. The van der Waals surface area contributed by atoms with Crippen molar-refractivity contribution >= 4 is 17.8 Å². The lowest BCUT2D eigenvalue weighted by molar-refractivity contribution is -0.136. The maximum Gasteiger partial charge on any atom is 0.325 e. The van der Waals surface area contributed by atoms with E-state index >= 15 is 0 Å². The third kappa shape index (κ3) is 3.72. The van der Waals surface area contributed by atoms with E-state index in [-0.39, 0.29) is 36.6 Å². The summed E-state index contributed by atoms with van der Waals surface area (Å²) in [5.41, 5.74) is 2.37. The molecule has 0 radical (unpaired) electrons. The number of piperidine rings is 1. The van der Waals surface area contributed by atoms with E-state index in [1.54, 1.807) is 0 Å². The first-order chi connectivity index (χ1) is 16.9. The van der Waals surface area contributed by atoms with Gasteiger partial charge in [-0.25, -0.2) is 4.79 Å². The molecule has 4 aliphatic rings. The van der Waals surface area contributed by atoms with E-state index < -0.39 is 5.54 Å². The van der Waals surface area contributed by atoms with Crippen molar-refractivity contribution in [3.8, 4) is 11.5 Å². The second-order valence-electron chi connectivity index (χ2n) is 10.2. The number of carbonyl (C=O) groups excluding carboxylic acids is 3. The van der Waals surface area contributed by atoms with Crippen molar-refractivity contribution in [3.63, 3.8) is 0 Å². The van der Waals surface area contributed by atoms with Gasteiger partial charge >= 0.3 is 6.03 Å². The largest absolute Gasteiger partial charge is 0.454 e. The van der Waals surface area contributed by atoms with E-state index in [1.165, 1.54) is 16.0 Å². The van der Waals surface area contributed by atoms with Gasteiger partial charge in [0.2, 0.25) is 12.7 Å². The molecule has 0 saturated carbocycles. The van der Waals surface area contributed by atoms with Crippen LogP contribution in [-0.2, 0) is 28.9 Å². The van der Waals surface area contributed by atoms with Crippen LogP contribution in [0.25, 0.3) is 0 Å². The van der Waals surface area contributed by atoms with E-state index in [9.17, 15) is 14.4 Å². The van der Waals surface area contributed by atoms with E-state index in [0.29, 0.717) is 56.7 Å². The van der Waals surface area contributed by atoms with Gasteiger partial charge in [-0.2, -0.15) is 0 Å². The zero-order chi connectivity index (χ0) is 24.2. The first kappa shape index (κ1) is 21.9. The van der Waals surface area contributed by atoms with Crippen molar-refractivity contribution in [1.29, 1.82) is 0 Å². The zero-order valence-corrected chi connectivity index (χ0v) is 19.8. The van der Waals surface area contributed by atoms with Crippen LogP contribution in [0, 0.1) is 5.92 Å². The number of hydrogen-bond acceptors (Lipinski definition) is 5. The Balaban J connectivity index is 1.08. The van der Waals surface area contributed by atoms with E-state index in [1.807, 2.05) is 42.2 Å². The van der Waals surface area contributed by atoms with Crippen LogP contribution >= 0.6 is 0 Å². The Morgan fingerprint density at radius 1 is 1.03 bits per heavy atom. The highest BCUT2D eigenvalue weighted by atomic mass is 16.7. The van der Waals surface area contributed by atoms with Gasteiger partial charge in [0.05, 0.1) is 6.42 Å². The van der Waals surface area contributed by atoms with Gasteiger partial charge in [0.1, 0.15) is 5.54 Å². The first-order valence-electron chi connectivity index (χ1n) is 12.3. The molecule has 0 unspecified atom stereocenters. The molecule has 8 nitrogen and oxygen atoms in total. The normalized spacial score (nSPS) is 24.1. The fourth-order valence-corrected chi connectivity index (χ4v) is 6.05. The lowest BCUT2D eigenvalue weighted by Crippen LogP contribution is -2.55. The van der Waals surface area contributed by atoms with Crippen LogP contribution in [0.3, 0.4) is 0 Å². The highest BCUT2D eigenvalue weighted by Gasteiger charge is 2.55. The van der Waals surface area contributed by atoms with Crippen LogP contribution in [-0.4, -0.2) is 59.1 Å². The fourth-order valence-electron chi connectivity index (χ4n) is 6.05. The van der Waals surface area contributed by atoms with E-state index in [0.717, 1.165) is 5.56 Å². The molecular formula is C27H29N3O5. The Labute approximate surface area is 204 Å². The zero-order valence-electron chi connectivity index (χ0n) is 19.8. The summed E-state index contributed by atoms with van der Waals surface area (Å²) < 4.78 is 10.8. The topological polar surface area (TPSA) is 88.2 Å². The Morgan fingerprint density at radius 3 is 2.43 bits per heavy atom. The molecule has 35 heavy (non-hydrogen) atoms. The molecule has 2 aromatic carbocycles. The van der Waals surface area contributed by atoms with Crippen LogP contribution in [0.5, 0.6) is 11.5 Å². The van der Waals surface area contributed by atoms with Crippen molar-refractivity contribution in [2.24, 2.45) is 5.92 Å². The molecule has 3 heterocycles. The summed E-state index contributed by atoms with van der Waals surface area (Å²) in [6.07, 6.45) is 3.06. The van der Waals surface area contributed by atoms with Crippen molar-refractivity contribution in [1.82, 2.24) is 15.1 Å². The second-order valence-corrected chi connectivity index (χ2v) is 10.2. The van der Waals surface area contributed by atoms with Gasteiger partial charge in [0.25, 0.3) is 5.91 Å². The number of rotatable bonds is 4. The Hall–Kier alpha value is -3.55. The quantitative estimate of drug-likeness (QED) is 0.687. The molecule has 0 bridgehead atoms. The number of fused-ring (bicyclic) bond motifs is 2. The summed E-state index contributed by atoms with van der Waals surface area (Å²) in [5, 5.41) is 3.02. The predicted molar refractivity (Wildman–Crippen MR) is 127 cm³/mol. The third-order valence-electron chi connectivity index (χ3n) is 8.10. The number of likely N-dealkylation sites (tertiary alicyclic amines) is 1. The van der Waals surface area contributed by atoms with Crippen molar-refractivity contribution < 1.29 is 23.9 Å². The maximum atomic E-state index is 13.6. The second kappa shape index (κ2) is 8.29. The summed E-state index contributed by atoms with van der Waals surface area (Å²) >= 11 is 0. The molecule has 1 atom stereocenters. The third-order valence-corrected chi connectivity index (χ3v) is 8.10. The number of imide groups is 1. The molecule has 2 saturated heterocycles. The fraction of sp³-hybridized carbons (Fsp3) is 0.444. The minimum Gasteiger partial charge on any atom is -0.454 e. The van der Waals surface area contributed by atoms with Gasteiger partial charge in [0.15, 0.2) is 11.5 Å². The van der Waals surface area contributed by atoms with Gasteiger partial charge in [-0.3, -0.25) is 14.5 Å². The molecule has 1 N–H and O–H groups in total. The van der Waals surface area contributed by atoms with E-state index in [4.69, 9.17) is 9.47 Å². The average Bonchev–Trinajstić information content (AvgIpc) is 3.55. The molecule has 2 aromatic rings. The first-order valence-corrected chi connectivity index (χ1v) is 12.3. The van der Waals surface area contributed by atoms with Crippen LogP contribution < -0.4 is 14.8 Å². The Bertz CT molecular complexity index is 1180. The molecule has 6 rings (SSSR count). The highest BCUT2D eigenvalue weighted by molar-refractivity contribution is 6.07. The van der Waals surface area contributed by atoms with Crippen molar-refractivity contribution in [3.05, 3.63) is 59.2 Å². The minimum absolute atomic E-state index is 0.0117. The van der Waals surface area contributed by atoms with Crippen LogP contribution in [0.15, 0.2) is 42.5 Å². The summed E-state index contributed by atoms with van der Waals surface area (Å²) in [6, 6.07) is 13.3. The summed E-state index contributed by atoms with van der Waals surface area (Å²) in [5.74, 6) is 1.29. The van der Waals surface area contributed by atoms with Gasteiger partial charge in [-0.05, 0) is 67.3 Å². The van der Waals surface area contributed by atoms with E-state index in [2.05, 4.69) is 17.4 Å². The average molecular weight is 476 g/mol. The Morgan fingerprint density at radius 2 is 1.71 bits per heavy atom. The molecular weight excluding hydrogens is 446 g/mol. The smallest absolute Gasteiger partial charge is 0.325 e. The van der Waals surface area contributed by atoms with Crippen LogP contribution in [0.4, 0.5) is 4.79 Å². The van der Waals surface area contributed by atoms with Crippen molar-refractivity contribution in [2.45, 2.75) is 50.6 Å². The number of hydrogen-bond donors (Lipinski definition) is 1. The molecule has 0 aromatic heterocycles. The van der Waals surface area contributed by atoms with Crippen molar-refractivity contribution in [2.75, 3.05) is 19.9 Å². The lowest BCUT2D eigenvalue weighted by atomic mass is 9.78. The molecule has 3 aliphatic heterocycles. The predicted octanol–water partition coefficient (Wildman–Crippen LogP) is 2.67. The lowest BCUT2D eigenvalue weighted by Gasteiger charge is -2.39. The standard InChI is InChI=1S/C27H29N3O5/c1-27(25(32)30(26(33)28-27)21-14-18-4-2-3-5-19(18)15-21)20-8-10-29(11-9-20)24(31)13-17-6-7-22-23(12-17)35-16-34-22/h2-7,12,20-21H,8-11,13-16H2,1H3,(H,28,33)/t27-/m1/s1. The molecule has 1 aliphatic carbocycles. The van der Waals surface area contributed by atoms with Gasteiger partial charge in [0, 0.05) is 19.1 Å². The monoisotopic (exact) mass is 475 g/mol. The number of urea groups is 1. The van der Waals surface area contributed by atoms with Crippen LogP contribution in [0.1, 0.15) is 36.5 Å². The van der Waals surface area contributed by atoms with Gasteiger partial charge < -0.3 is 19.7 Å². The molecule has 4 amide bonds. The minimum atomic E-state index is -0.932. The Kier molecular flexibility index (Phi) is 5.20. The SMILES string of the molecule is C[C@]1(C2CCN(C(=O)Cc3ccc4c(c3)OCO4)CC2)NC(=O)N(C2Cc3ccccc3C2)C1=O. The molecule has 2 fully saturated rings. The number of amides is 4. The number of ether oxygens (including phenoxy) is 2. The number of carbonyl (C=O) groups is 3. The number of nitrogens with one attached hydrogen (secondary N) is 1. The van der Waals surface area contributed by atoms with Gasteiger partial charge in [-0.15, -0.1) is 0 Å². The number of benzene rings is 2. The van der Waals surface area contributed by atoms with Crippen LogP contribution in [0.2, 0.25) is 0 Å². The molecule has 182 valence electrons. The molecule has 0 spiro atoms. The summed E-state index contributed by atoms with van der Waals surface area (Å²) in [7, 11) is 0. The van der Waals surface area contributed by atoms with Gasteiger partial charge in [-0.1, -0.05) is 30.3 Å². The number of nitrogens with zero attached hydrogens (tertiary/aromatic N) is 2. The molecule has 8 heteroatoms. The summed E-state index contributed by atoms with van der Waals surface area (Å²) in [4.78, 5) is 42.8. The highest BCUT2D eigenvalue weighted by Crippen LogP contribution is 2.37.